The molecule has 3 aromatic rings. The number of aromatic nitrogens is 2. The minimum atomic E-state index is -4.73. The molecule has 0 aliphatic heterocycles. The Balaban J connectivity index is 1.95. The molecule has 0 spiro atoms. The molecule has 1 heterocycles. The third kappa shape index (κ3) is 3.37. The number of hydrogen-bond donors (Lipinski definition) is 1. The van der Waals surface area contributed by atoms with Gasteiger partial charge in [-0.1, -0.05) is 12.1 Å². The highest BCUT2D eigenvalue weighted by molar-refractivity contribution is 5.80. The maximum absolute atomic E-state index is 12.3. The lowest BCUT2D eigenvalue weighted by atomic mass is 10.2. The quantitative estimate of drug-likeness (QED) is 0.790. The van der Waals surface area contributed by atoms with Crippen LogP contribution < -0.4 is 15.2 Å². The van der Waals surface area contributed by atoms with Crippen molar-refractivity contribution in [2.75, 3.05) is 12.8 Å². The number of hydrogen-bond acceptors (Lipinski definition) is 4. The molecule has 1 aromatic heterocycles. The average molecular weight is 337 g/mol. The monoisotopic (exact) mass is 337 g/mol. The van der Waals surface area contributed by atoms with Gasteiger partial charge >= 0.3 is 6.36 Å². The fourth-order valence-electron chi connectivity index (χ4n) is 2.44. The van der Waals surface area contributed by atoms with Gasteiger partial charge in [0.25, 0.3) is 0 Å². The molecule has 5 nitrogen and oxygen atoms in total. The van der Waals surface area contributed by atoms with Crippen molar-refractivity contribution in [3.05, 3.63) is 48.0 Å². The summed E-state index contributed by atoms with van der Waals surface area (Å²) in [5.41, 5.74) is 7.94. The van der Waals surface area contributed by atoms with Gasteiger partial charge in [0.15, 0.2) is 0 Å². The molecular formula is C16H14F3N3O2. The van der Waals surface area contributed by atoms with Crippen molar-refractivity contribution in [1.29, 1.82) is 0 Å². The van der Waals surface area contributed by atoms with Crippen LogP contribution in [0.1, 0.15) is 5.56 Å². The van der Waals surface area contributed by atoms with Crippen LogP contribution >= 0.6 is 0 Å². The van der Waals surface area contributed by atoms with Gasteiger partial charge in [-0.05, 0) is 29.8 Å². The Morgan fingerprint density at radius 1 is 1.12 bits per heavy atom. The van der Waals surface area contributed by atoms with Gasteiger partial charge in [-0.3, -0.25) is 0 Å². The fourth-order valence-corrected chi connectivity index (χ4v) is 2.44. The van der Waals surface area contributed by atoms with Crippen molar-refractivity contribution in [3.8, 4) is 11.5 Å². The normalized spacial score (nSPS) is 11.7. The van der Waals surface area contributed by atoms with Crippen LogP contribution in [0.3, 0.4) is 0 Å². The van der Waals surface area contributed by atoms with E-state index in [0.717, 1.165) is 5.52 Å². The topological polar surface area (TPSA) is 62.3 Å². The Labute approximate surface area is 135 Å². The smallest absolute Gasteiger partial charge is 0.497 e. The lowest BCUT2D eigenvalue weighted by molar-refractivity contribution is -0.274. The predicted molar refractivity (Wildman–Crippen MR) is 82.9 cm³/mol. The van der Waals surface area contributed by atoms with Gasteiger partial charge in [0.05, 0.1) is 24.7 Å². The molecule has 0 saturated carbocycles. The van der Waals surface area contributed by atoms with Crippen molar-refractivity contribution >= 4 is 17.0 Å². The number of rotatable bonds is 4. The molecule has 2 N–H and O–H groups in total. The van der Waals surface area contributed by atoms with E-state index < -0.39 is 6.36 Å². The van der Waals surface area contributed by atoms with E-state index in [0.29, 0.717) is 16.8 Å². The van der Waals surface area contributed by atoms with Crippen LogP contribution in [0.2, 0.25) is 0 Å². The highest BCUT2D eigenvalue weighted by Crippen LogP contribution is 2.26. The van der Waals surface area contributed by atoms with Crippen molar-refractivity contribution < 1.29 is 22.6 Å². The maximum Gasteiger partial charge on any atom is 0.573 e. The Morgan fingerprint density at radius 2 is 1.92 bits per heavy atom. The number of halogens is 3. The van der Waals surface area contributed by atoms with E-state index in [1.54, 1.807) is 35.9 Å². The highest BCUT2D eigenvalue weighted by Gasteiger charge is 2.31. The molecule has 0 fully saturated rings. The Kier molecular flexibility index (Phi) is 3.96. The van der Waals surface area contributed by atoms with E-state index in [9.17, 15) is 13.2 Å². The number of nitrogen functional groups attached to an aromatic ring is 1. The number of alkyl halides is 3. The fraction of sp³-hybridized carbons (Fsp3) is 0.188. The molecule has 0 atom stereocenters. The summed E-state index contributed by atoms with van der Waals surface area (Å²) in [6.07, 6.45) is -4.73. The van der Waals surface area contributed by atoms with Crippen LogP contribution in [-0.4, -0.2) is 23.0 Å². The van der Waals surface area contributed by atoms with Crippen molar-refractivity contribution in [2.24, 2.45) is 0 Å². The number of benzene rings is 2. The van der Waals surface area contributed by atoms with Crippen LogP contribution in [0.15, 0.2) is 42.5 Å². The van der Waals surface area contributed by atoms with Crippen LogP contribution in [0.5, 0.6) is 11.5 Å². The molecular weight excluding hydrogens is 323 g/mol. The number of imidazole rings is 1. The predicted octanol–water partition coefficient (Wildman–Crippen LogP) is 3.57. The molecule has 0 saturated heterocycles. The molecule has 24 heavy (non-hydrogen) atoms. The lowest BCUT2D eigenvalue weighted by Crippen LogP contribution is -2.17. The third-order valence-electron chi connectivity index (χ3n) is 3.46. The molecule has 126 valence electrons. The average Bonchev–Trinajstić information content (AvgIpc) is 2.81. The Bertz CT molecular complexity index is 875. The third-order valence-corrected chi connectivity index (χ3v) is 3.46. The summed E-state index contributed by atoms with van der Waals surface area (Å²) < 4.78 is 47.8. The molecule has 0 amide bonds. The Hall–Kier alpha value is -2.90. The standard InChI is InChI=1S/C16H14F3N3O2/c1-23-11-5-6-13-14(8-11)22(15(20)21-13)9-10-3-2-4-12(7-10)24-16(17,18)19/h2-8H,9H2,1H3,(H2,20,21). The van der Waals surface area contributed by atoms with E-state index in [1.807, 2.05) is 0 Å². The van der Waals surface area contributed by atoms with E-state index in [-0.39, 0.29) is 18.2 Å². The first-order valence-corrected chi connectivity index (χ1v) is 7.00. The zero-order chi connectivity index (χ0) is 17.3. The lowest BCUT2D eigenvalue weighted by Gasteiger charge is -2.11. The van der Waals surface area contributed by atoms with E-state index in [1.165, 1.54) is 18.2 Å². The van der Waals surface area contributed by atoms with Crippen molar-refractivity contribution in [1.82, 2.24) is 9.55 Å². The number of fused-ring (bicyclic) bond motifs is 1. The van der Waals surface area contributed by atoms with Crippen molar-refractivity contribution in [3.63, 3.8) is 0 Å². The summed E-state index contributed by atoms with van der Waals surface area (Å²) in [6, 6.07) is 11.0. The second kappa shape index (κ2) is 5.95. The first-order chi connectivity index (χ1) is 11.4. The number of nitrogens with two attached hydrogens (primary N) is 1. The molecule has 0 radical (unpaired) electrons. The number of methoxy groups -OCH3 is 1. The van der Waals surface area contributed by atoms with Gasteiger partial charge < -0.3 is 19.8 Å². The Morgan fingerprint density at radius 3 is 2.62 bits per heavy atom. The summed E-state index contributed by atoms with van der Waals surface area (Å²) >= 11 is 0. The number of ether oxygens (including phenoxy) is 2. The molecule has 0 bridgehead atoms. The second-order valence-corrected chi connectivity index (χ2v) is 5.11. The van der Waals surface area contributed by atoms with Gasteiger partial charge in [-0.2, -0.15) is 0 Å². The van der Waals surface area contributed by atoms with Gasteiger partial charge in [-0.15, -0.1) is 13.2 Å². The summed E-state index contributed by atoms with van der Waals surface area (Å²) in [4.78, 5) is 4.24. The van der Waals surface area contributed by atoms with Crippen LogP contribution in [0.4, 0.5) is 19.1 Å². The summed E-state index contributed by atoms with van der Waals surface area (Å²) in [6.45, 7) is 0.255. The van der Waals surface area contributed by atoms with Gasteiger partial charge in [0, 0.05) is 6.07 Å². The number of nitrogens with zero attached hydrogens (tertiary/aromatic N) is 2. The minimum absolute atomic E-state index is 0.255. The van der Waals surface area contributed by atoms with Crippen LogP contribution in [0.25, 0.3) is 11.0 Å². The minimum Gasteiger partial charge on any atom is -0.497 e. The first-order valence-electron chi connectivity index (χ1n) is 7.00. The zero-order valence-electron chi connectivity index (χ0n) is 12.7. The van der Waals surface area contributed by atoms with Gasteiger partial charge in [0.2, 0.25) is 5.95 Å². The maximum atomic E-state index is 12.3. The van der Waals surface area contributed by atoms with Gasteiger partial charge in [-0.25, -0.2) is 4.98 Å². The molecule has 0 aliphatic carbocycles. The SMILES string of the molecule is COc1ccc2nc(N)n(Cc3cccc(OC(F)(F)F)c3)c2c1. The molecule has 0 unspecified atom stereocenters. The molecule has 2 aromatic carbocycles. The largest absolute Gasteiger partial charge is 0.573 e. The molecule has 3 rings (SSSR count). The summed E-state index contributed by atoms with van der Waals surface area (Å²) in [7, 11) is 1.54. The zero-order valence-corrected chi connectivity index (χ0v) is 12.7. The summed E-state index contributed by atoms with van der Waals surface area (Å²) in [5.74, 6) is 0.624. The van der Waals surface area contributed by atoms with Crippen LogP contribution in [0, 0.1) is 0 Å². The van der Waals surface area contributed by atoms with E-state index >= 15 is 0 Å². The highest BCUT2D eigenvalue weighted by atomic mass is 19.4. The van der Waals surface area contributed by atoms with E-state index in [4.69, 9.17) is 10.5 Å². The van der Waals surface area contributed by atoms with Gasteiger partial charge in [0.1, 0.15) is 11.5 Å². The van der Waals surface area contributed by atoms with Crippen molar-refractivity contribution in [2.45, 2.75) is 12.9 Å². The molecule has 8 heteroatoms. The first kappa shape index (κ1) is 16.0. The number of anilines is 1. The molecule has 0 aliphatic rings. The van der Waals surface area contributed by atoms with Crippen LogP contribution in [-0.2, 0) is 6.54 Å². The second-order valence-electron chi connectivity index (χ2n) is 5.11. The van der Waals surface area contributed by atoms with E-state index in [2.05, 4.69) is 9.72 Å². The summed E-state index contributed by atoms with van der Waals surface area (Å²) in [5, 5.41) is 0.